The molecule has 0 atom stereocenters. The number of halogens is 1. The van der Waals surface area contributed by atoms with Crippen LogP contribution in [0.15, 0.2) is 267 Å². The van der Waals surface area contributed by atoms with Crippen molar-refractivity contribution < 1.29 is 4.39 Å². The van der Waals surface area contributed by atoms with E-state index in [1.165, 1.54) is 48.9 Å². The average molecular weight is 838 g/mol. The van der Waals surface area contributed by atoms with Gasteiger partial charge in [-0.05, 0) is 114 Å². The van der Waals surface area contributed by atoms with Gasteiger partial charge in [-0.2, -0.15) is 0 Å². The molecule has 1 nitrogen and oxygen atoms in total. The highest BCUT2D eigenvalue weighted by molar-refractivity contribution is 7.19. The van der Waals surface area contributed by atoms with Gasteiger partial charge in [0.05, 0.1) is 5.41 Å². The highest BCUT2D eigenvalue weighted by atomic mass is 28.3. The van der Waals surface area contributed by atoms with Gasteiger partial charge in [0.25, 0.3) is 0 Å². The van der Waals surface area contributed by atoms with Crippen LogP contribution in [0.1, 0.15) is 22.3 Å². The summed E-state index contributed by atoms with van der Waals surface area (Å²) in [6, 6.07) is 95.3. The summed E-state index contributed by atoms with van der Waals surface area (Å²) < 4.78 is 14.5. The van der Waals surface area contributed by atoms with Crippen molar-refractivity contribution in [2.75, 3.05) is 4.90 Å². The van der Waals surface area contributed by atoms with Gasteiger partial charge in [-0.3, -0.25) is 0 Å². The summed E-state index contributed by atoms with van der Waals surface area (Å²) in [4.78, 5) is 2.37. The molecule has 0 amide bonds. The molecule has 0 fully saturated rings. The predicted molar refractivity (Wildman–Crippen MR) is 267 cm³/mol. The van der Waals surface area contributed by atoms with Crippen molar-refractivity contribution in [2.45, 2.75) is 5.41 Å². The molecule has 0 aromatic heterocycles. The van der Waals surface area contributed by atoms with Crippen LogP contribution in [0.25, 0.3) is 22.3 Å². The van der Waals surface area contributed by atoms with E-state index in [1.807, 2.05) is 12.1 Å². The van der Waals surface area contributed by atoms with E-state index in [0.717, 1.165) is 33.4 Å². The standard InChI is InChI=1S/C61H44FNSi/c62-49-34-41-56(42-35-49)64(53-24-12-4-13-25-53,54-26-14-5-15-27-54)55-39-32-46(33-40-55)45-30-36-51(37-31-45)63(50-22-10-3-11-23-50)52-38-43-58-57-28-16-17-29-59(57)61(60(58)44-52,47-18-6-1-7-19-47)48-20-8-2-9-21-48/h1-44H. The molecule has 3 heteroatoms. The Kier molecular flexibility index (Phi) is 10.0. The average Bonchev–Trinajstić information content (AvgIpc) is 3.67. The second-order valence-corrected chi connectivity index (χ2v) is 20.4. The lowest BCUT2D eigenvalue weighted by Gasteiger charge is -2.35. The summed E-state index contributed by atoms with van der Waals surface area (Å²) in [7, 11) is -2.80. The number of benzene rings is 10. The lowest BCUT2D eigenvalue weighted by Crippen LogP contribution is -2.74. The minimum Gasteiger partial charge on any atom is -0.310 e. The van der Waals surface area contributed by atoms with Gasteiger partial charge in [-0.1, -0.05) is 218 Å². The van der Waals surface area contributed by atoms with Crippen LogP contribution in [-0.2, 0) is 5.41 Å². The third-order valence-electron chi connectivity index (χ3n) is 13.2. The second-order valence-electron chi connectivity index (χ2n) is 16.5. The van der Waals surface area contributed by atoms with Crippen molar-refractivity contribution >= 4 is 45.9 Å². The van der Waals surface area contributed by atoms with Gasteiger partial charge >= 0.3 is 0 Å². The van der Waals surface area contributed by atoms with Gasteiger partial charge < -0.3 is 4.90 Å². The summed E-state index contributed by atoms with van der Waals surface area (Å²) >= 11 is 0. The molecule has 0 spiro atoms. The smallest absolute Gasteiger partial charge is 0.179 e. The molecule has 0 radical (unpaired) electrons. The fourth-order valence-corrected chi connectivity index (χ4v) is 15.1. The maximum Gasteiger partial charge on any atom is 0.179 e. The fourth-order valence-electron chi connectivity index (χ4n) is 10.4. The highest BCUT2D eigenvalue weighted by Gasteiger charge is 2.46. The minimum absolute atomic E-state index is 0.230. The first-order chi connectivity index (χ1) is 31.7. The van der Waals surface area contributed by atoms with Gasteiger partial charge in [0.1, 0.15) is 5.82 Å². The number of fused-ring (bicyclic) bond motifs is 3. The van der Waals surface area contributed by atoms with Gasteiger partial charge in [0, 0.05) is 17.1 Å². The van der Waals surface area contributed by atoms with Crippen LogP contribution < -0.4 is 25.6 Å². The number of hydrogen-bond acceptors (Lipinski definition) is 1. The summed E-state index contributed by atoms with van der Waals surface area (Å²) in [5.41, 5.74) is 12.6. The Balaban J connectivity index is 1.01. The van der Waals surface area contributed by atoms with E-state index in [2.05, 4.69) is 248 Å². The molecule has 0 saturated heterocycles. The molecular weight excluding hydrogens is 794 g/mol. The Morgan fingerprint density at radius 1 is 0.312 bits per heavy atom. The van der Waals surface area contributed by atoms with Gasteiger partial charge in [-0.15, -0.1) is 0 Å². The molecule has 64 heavy (non-hydrogen) atoms. The molecule has 0 bridgehead atoms. The SMILES string of the molecule is Fc1ccc([Si](c2ccccc2)(c2ccccc2)c2ccc(-c3ccc(N(c4ccccc4)c4ccc5c(c4)C(c4ccccc4)(c4ccccc4)c4ccccc4-5)cc3)cc2)cc1. The maximum atomic E-state index is 14.5. The van der Waals surface area contributed by atoms with Crippen LogP contribution in [0.3, 0.4) is 0 Å². The summed E-state index contributed by atoms with van der Waals surface area (Å²) in [6.07, 6.45) is 0. The third-order valence-corrected chi connectivity index (χ3v) is 18.0. The second kappa shape index (κ2) is 16.4. The van der Waals surface area contributed by atoms with Crippen LogP contribution in [0.2, 0.25) is 0 Å². The molecule has 1 aliphatic rings. The molecule has 11 rings (SSSR count). The Labute approximate surface area is 376 Å². The Morgan fingerprint density at radius 3 is 1.25 bits per heavy atom. The molecule has 0 N–H and O–H groups in total. The number of anilines is 3. The number of hydrogen-bond donors (Lipinski definition) is 0. The predicted octanol–water partition coefficient (Wildman–Crippen LogP) is 12.7. The van der Waals surface area contributed by atoms with E-state index in [-0.39, 0.29) is 5.82 Å². The van der Waals surface area contributed by atoms with E-state index in [4.69, 9.17) is 0 Å². The molecule has 0 aliphatic heterocycles. The fraction of sp³-hybridized carbons (Fsp3) is 0.0164. The van der Waals surface area contributed by atoms with Crippen molar-refractivity contribution in [3.63, 3.8) is 0 Å². The van der Waals surface area contributed by atoms with E-state index in [0.29, 0.717) is 0 Å². The third kappa shape index (κ3) is 6.44. The van der Waals surface area contributed by atoms with Crippen molar-refractivity contribution in [3.8, 4) is 22.3 Å². The maximum absolute atomic E-state index is 14.5. The van der Waals surface area contributed by atoms with Crippen LogP contribution in [-0.4, -0.2) is 8.07 Å². The largest absolute Gasteiger partial charge is 0.310 e. The first-order valence-corrected chi connectivity index (χ1v) is 23.9. The topological polar surface area (TPSA) is 3.24 Å². The normalized spacial score (nSPS) is 12.6. The summed E-state index contributed by atoms with van der Waals surface area (Å²) in [5.74, 6) is -0.230. The van der Waals surface area contributed by atoms with E-state index in [9.17, 15) is 4.39 Å². The van der Waals surface area contributed by atoms with Crippen molar-refractivity contribution in [1.29, 1.82) is 0 Å². The number of rotatable bonds is 10. The zero-order valence-electron chi connectivity index (χ0n) is 35.2. The van der Waals surface area contributed by atoms with Crippen molar-refractivity contribution in [1.82, 2.24) is 0 Å². The first-order valence-electron chi connectivity index (χ1n) is 21.9. The molecule has 10 aromatic rings. The quantitative estimate of drug-likeness (QED) is 0.0980. The Hall–Kier alpha value is -7.85. The lowest BCUT2D eigenvalue weighted by atomic mass is 9.67. The number of nitrogens with zero attached hydrogens (tertiary/aromatic N) is 1. The van der Waals surface area contributed by atoms with E-state index < -0.39 is 13.5 Å². The molecule has 0 saturated carbocycles. The van der Waals surface area contributed by atoms with Crippen LogP contribution in [0, 0.1) is 5.82 Å². The summed E-state index contributed by atoms with van der Waals surface area (Å²) in [5, 5.41) is 4.90. The van der Waals surface area contributed by atoms with Crippen LogP contribution in [0.4, 0.5) is 21.5 Å². The van der Waals surface area contributed by atoms with Gasteiger partial charge in [-0.25, -0.2) is 4.39 Å². The molecule has 304 valence electrons. The van der Waals surface area contributed by atoms with E-state index in [1.54, 1.807) is 12.1 Å². The highest BCUT2D eigenvalue weighted by Crippen LogP contribution is 2.57. The zero-order chi connectivity index (χ0) is 42.9. The van der Waals surface area contributed by atoms with Gasteiger partial charge in [0.2, 0.25) is 0 Å². The number of para-hydroxylation sites is 1. The van der Waals surface area contributed by atoms with Crippen molar-refractivity contribution in [3.05, 3.63) is 295 Å². The van der Waals surface area contributed by atoms with Gasteiger partial charge in [0.15, 0.2) is 8.07 Å². The minimum atomic E-state index is -2.80. The zero-order valence-corrected chi connectivity index (χ0v) is 36.2. The van der Waals surface area contributed by atoms with Crippen LogP contribution in [0.5, 0.6) is 0 Å². The molecule has 0 unspecified atom stereocenters. The monoisotopic (exact) mass is 837 g/mol. The molecule has 0 heterocycles. The van der Waals surface area contributed by atoms with Crippen LogP contribution >= 0.6 is 0 Å². The lowest BCUT2D eigenvalue weighted by molar-refractivity contribution is 0.628. The molecule has 1 aliphatic carbocycles. The Morgan fingerprint density at radius 2 is 0.703 bits per heavy atom. The Bertz CT molecular complexity index is 3100. The first kappa shape index (κ1) is 39.0. The summed E-state index contributed by atoms with van der Waals surface area (Å²) in [6.45, 7) is 0. The van der Waals surface area contributed by atoms with E-state index >= 15 is 0 Å². The van der Waals surface area contributed by atoms with Crippen molar-refractivity contribution in [2.24, 2.45) is 0 Å². The molecular formula is C61H44FNSi. The molecule has 10 aromatic carbocycles.